The van der Waals surface area contributed by atoms with Crippen LogP contribution in [0.2, 0.25) is 5.02 Å². The summed E-state index contributed by atoms with van der Waals surface area (Å²) in [6.45, 7) is 5.77. The summed E-state index contributed by atoms with van der Waals surface area (Å²) in [5, 5.41) is 4.17. The molecule has 0 spiro atoms. The minimum Gasteiger partial charge on any atom is -0.492 e. The molecule has 2 nitrogen and oxygen atoms in total. The first kappa shape index (κ1) is 15.9. The molecule has 0 fully saturated rings. The third-order valence-corrected chi connectivity index (χ3v) is 3.66. The van der Waals surface area contributed by atoms with Crippen LogP contribution in [0.3, 0.4) is 0 Å². The molecule has 1 atom stereocenters. The molecule has 0 saturated carbocycles. The van der Waals surface area contributed by atoms with Gasteiger partial charge in [0.25, 0.3) is 0 Å². The van der Waals surface area contributed by atoms with Gasteiger partial charge in [0.15, 0.2) is 0 Å². The molecule has 3 heteroatoms. The molecule has 2 aromatic rings. The minimum atomic E-state index is 0.181. The Morgan fingerprint density at radius 3 is 2.62 bits per heavy atom. The Morgan fingerprint density at radius 2 is 1.90 bits per heavy atom. The zero-order valence-electron chi connectivity index (χ0n) is 12.6. The van der Waals surface area contributed by atoms with Gasteiger partial charge in [-0.15, -0.1) is 0 Å². The minimum absolute atomic E-state index is 0.181. The van der Waals surface area contributed by atoms with Crippen LogP contribution in [0.4, 0.5) is 0 Å². The molecule has 1 N–H and O–H groups in total. The highest BCUT2D eigenvalue weighted by atomic mass is 35.5. The summed E-state index contributed by atoms with van der Waals surface area (Å²) in [6, 6.07) is 16.4. The van der Waals surface area contributed by atoms with Crippen molar-refractivity contribution in [1.29, 1.82) is 0 Å². The van der Waals surface area contributed by atoms with Gasteiger partial charge in [0.1, 0.15) is 12.4 Å². The molecule has 0 amide bonds. The van der Waals surface area contributed by atoms with Crippen LogP contribution < -0.4 is 10.1 Å². The fraction of sp³-hybridized carbons (Fsp3) is 0.333. The first-order valence-electron chi connectivity index (χ1n) is 7.43. The summed E-state index contributed by atoms with van der Waals surface area (Å²) < 4.78 is 5.88. The normalized spacial score (nSPS) is 12.1. The van der Waals surface area contributed by atoms with Crippen molar-refractivity contribution >= 4 is 11.6 Å². The maximum atomic E-state index is 5.98. The van der Waals surface area contributed by atoms with E-state index in [0.29, 0.717) is 11.6 Å². The molecule has 2 aromatic carbocycles. The van der Waals surface area contributed by atoms with Crippen molar-refractivity contribution in [3.05, 3.63) is 64.7 Å². The van der Waals surface area contributed by atoms with Crippen LogP contribution in [0.15, 0.2) is 48.5 Å². The monoisotopic (exact) mass is 303 g/mol. The number of hydrogen-bond donors (Lipinski definition) is 1. The third-order valence-electron chi connectivity index (χ3n) is 3.42. The molecule has 0 radical (unpaired) electrons. The quantitative estimate of drug-likeness (QED) is 0.805. The molecule has 0 bridgehead atoms. The highest BCUT2D eigenvalue weighted by Gasteiger charge is 2.11. The number of benzene rings is 2. The number of aryl methyl sites for hydroxylation is 1. The maximum absolute atomic E-state index is 5.98. The molecule has 0 aromatic heterocycles. The van der Waals surface area contributed by atoms with Gasteiger partial charge in [0, 0.05) is 5.02 Å². The lowest BCUT2D eigenvalue weighted by Gasteiger charge is -2.20. The number of likely N-dealkylation sites (N-methyl/N-ethyl adjacent to an activating group) is 1. The number of nitrogens with one attached hydrogen (secondary N) is 1. The average Bonchev–Trinajstić information content (AvgIpc) is 2.51. The van der Waals surface area contributed by atoms with E-state index in [1.165, 1.54) is 11.1 Å². The zero-order chi connectivity index (χ0) is 15.1. The van der Waals surface area contributed by atoms with Crippen LogP contribution in [0, 0.1) is 0 Å². The van der Waals surface area contributed by atoms with Gasteiger partial charge in [-0.05, 0) is 42.3 Å². The van der Waals surface area contributed by atoms with Gasteiger partial charge in [0.05, 0.1) is 6.04 Å². The van der Waals surface area contributed by atoms with E-state index in [4.69, 9.17) is 16.3 Å². The van der Waals surface area contributed by atoms with E-state index in [9.17, 15) is 0 Å². The van der Waals surface area contributed by atoms with Crippen LogP contribution in [0.25, 0.3) is 0 Å². The topological polar surface area (TPSA) is 21.3 Å². The fourth-order valence-corrected chi connectivity index (χ4v) is 2.47. The Bertz CT molecular complexity index is 571. The molecule has 21 heavy (non-hydrogen) atoms. The van der Waals surface area contributed by atoms with Crippen LogP contribution in [0.5, 0.6) is 5.75 Å². The summed E-state index contributed by atoms with van der Waals surface area (Å²) in [6.07, 6.45) is 1.04. The SMILES string of the molecule is CCNC(COc1cccc(Cl)c1)c1cccc(CC)c1. The number of hydrogen-bond acceptors (Lipinski definition) is 2. The van der Waals surface area contributed by atoms with Gasteiger partial charge in [0.2, 0.25) is 0 Å². The lowest BCUT2D eigenvalue weighted by atomic mass is 10.0. The van der Waals surface area contributed by atoms with Crippen molar-refractivity contribution in [1.82, 2.24) is 5.32 Å². The van der Waals surface area contributed by atoms with Crippen molar-refractivity contribution in [2.45, 2.75) is 26.3 Å². The second-order valence-corrected chi connectivity index (χ2v) is 5.41. The molecule has 0 heterocycles. The predicted molar refractivity (Wildman–Crippen MR) is 89.2 cm³/mol. The molecule has 0 aliphatic carbocycles. The van der Waals surface area contributed by atoms with Gasteiger partial charge < -0.3 is 10.1 Å². The first-order chi connectivity index (χ1) is 10.2. The molecule has 2 rings (SSSR count). The Hall–Kier alpha value is -1.51. The summed E-state index contributed by atoms with van der Waals surface area (Å²) in [5.41, 5.74) is 2.61. The van der Waals surface area contributed by atoms with E-state index in [1.54, 1.807) is 0 Å². The second kappa shape index (κ2) is 8.06. The standard InChI is InChI=1S/C18H22ClNO/c1-3-14-7-5-8-15(11-14)18(20-4-2)13-21-17-10-6-9-16(19)12-17/h5-12,18,20H,3-4,13H2,1-2H3. The number of rotatable bonds is 7. The summed E-state index contributed by atoms with van der Waals surface area (Å²) in [5.74, 6) is 0.803. The first-order valence-corrected chi connectivity index (χ1v) is 7.81. The average molecular weight is 304 g/mol. The zero-order valence-corrected chi connectivity index (χ0v) is 13.4. The smallest absolute Gasteiger partial charge is 0.120 e. The van der Waals surface area contributed by atoms with Crippen molar-refractivity contribution < 1.29 is 4.74 Å². The van der Waals surface area contributed by atoms with Gasteiger partial charge in [-0.1, -0.05) is 55.8 Å². The highest BCUT2D eigenvalue weighted by molar-refractivity contribution is 6.30. The van der Waals surface area contributed by atoms with Crippen LogP contribution in [-0.2, 0) is 6.42 Å². The van der Waals surface area contributed by atoms with Crippen LogP contribution in [-0.4, -0.2) is 13.2 Å². The van der Waals surface area contributed by atoms with E-state index in [-0.39, 0.29) is 6.04 Å². The molecule has 0 aliphatic rings. The Morgan fingerprint density at radius 1 is 1.10 bits per heavy atom. The van der Waals surface area contributed by atoms with Gasteiger partial charge in [-0.25, -0.2) is 0 Å². The Kier molecular flexibility index (Phi) is 6.09. The fourth-order valence-electron chi connectivity index (χ4n) is 2.29. The number of halogens is 1. The molecular formula is C18H22ClNO. The van der Waals surface area contributed by atoms with E-state index in [0.717, 1.165) is 18.7 Å². The van der Waals surface area contributed by atoms with Gasteiger partial charge >= 0.3 is 0 Å². The van der Waals surface area contributed by atoms with Crippen LogP contribution in [0.1, 0.15) is 31.0 Å². The van der Waals surface area contributed by atoms with E-state index in [1.807, 2.05) is 24.3 Å². The number of ether oxygens (including phenoxy) is 1. The summed E-state index contributed by atoms with van der Waals surface area (Å²) in [4.78, 5) is 0. The Labute approximate surface area is 132 Å². The highest BCUT2D eigenvalue weighted by Crippen LogP contribution is 2.20. The van der Waals surface area contributed by atoms with Crippen molar-refractivity contribution in [2.24, 2.45) is 0 Å². The largest absolute Gasteiger partial charge is 0.492 e. The van der Waals surface area contributed by atoms with Crippen molar-refractivity contribution in [3.8, 4) is 5.75 Å². The summed E-state index contributed by atoms with van der Waals surface area (Å²) >= 11 is 5.98. The molecule has 1 unspecified atom stereocenters. The lowest BCUT2D eigenvalue weighted by molar-refractivity contribution is 0.268. The lowest BCUT2D eigenvalue weighted by Crippen LogP contribution is -2.26. The van der Waals surface area contributed by atoms with E-state index >= 15 is 0 Å². The van der Waals surface area contributed by atoms with Crippen LogP contribution >= 0.6 is 11.6 Å². The molecular weight excluding hydrogens is 282 g/mol. The second-order valence-electron chi connectivity index (χ2n) is 4.98. The van der Waals surface area contributed by atoms with Crippen molar-refractivity contribution in [3.63, 3.8) is 0 Å². The molecule has 0 aliphatic heterocycles. The summed E-state index contributed by atoms with van der Waals surface area (Å²) in [7, 11) is 0. The van der Waals surface area contributed by atoms with E-state index in [2.05, 4.69) is 43.4 Å². The van der Waals surface area contributed by atoms with Gasteiger partial charge in [-0.2, -0.15) is 0 Å². The molecule has 112 valence electrons. The predicted octanol–water partition coefficient (Wildman–Crippen LogP) is 4.63. The van der Waals surface area contributed by atoms with Gasteiger partial charge in [-0.3, -0.25) is 0 Å². The van der Waals surface area contributed by atoms with Crippen molar-refractivity contribution in [2.75, 3.05) is 13.2 Å². The third kappa shape index (κ3) is 4.76. The Balaban J connectivity index is 2.07. The molecule has 0 saturated heterocycles. The maximum Gasteiger partial charge on any atom is 0.120 e. The van der Waals surface area contributed by atoms with E-state index < -0.39 is 0 Å².